The van der Waals surface area contributed by atoms with Crippen LogP contribution in [0, 0.1) is 0 Å². The van der Waals surface area contributed by atoms with Crippen molar-refractivity contribution >= 4 is 27.7 Å². The summed E-state index contributed by atoms with van der Waals surface area (Å²) in [4.78, 5) is 21.0. The van der Waals surface area contributed by atoms with Crippen molar-refractivity contribution in [3.63, 3.8) is 0 Å². The van der Waals surface area contributed by atoms with Crippen molar-refractivity contribution < 1.29 is 4.79 Å². The molecule has 2 N–H and O–H groups in total. The average molecular weight is 389 g/mol. The SMILES string of the molecule is N[C@@H](Cc1ccccc1)C(=O)N1CCN(c2ccc(Br)cn2)CC1. The minimum absolute atomic E-state index is 0.0299. The molecule has 0 aliphatic carbocycles. The highest BCUT2D eigenvalue weighted by molar-refractivity contribution is 9.10. The van der Waals surface area contributed by atoms with Crippen molar-refractivity contribution in [3.8, 4) is 0 Å². The van der Waals surface area contributed by atoms with E-state index in [9.17, 15) is 4.79 Å². The first-order valence-corrected chi connectivity index (χ1v) is 8.87. The topological polar surface area (TPSA) is 62.5 Å². The number of rotatable bonds is 4. The van der Waals surface area contributed by atoms with E-state index in [-0.39, 0.29) is 5.91 Å². The van der Waals surface area contributed by atoms with Gasteiger partial charge in [-0.05, 0) is 40.0 Å². The van der Waals surface area contributed by atoms with E-state index in [0.717, 1.165) is 28.9 Å². The van der Waals surface area contributed by atoms with Crippen LogP contribution in [0.3, 0.4) is 0 Å². The number of benzene rings is 1. The third kappa shape index (κ3) is 4.13. The van der Waals surface area contributed by atoms with Crippen LogP contribution in [0.2, 0.25) is 0 Å². The first-order valence-electron chi connectivity index (χ1n) is 8.08. The molecule has 1 fully saturated rings. The fraction of sp³-hybridized carbons (Fsp3) is 0.333. The standard InChI is InChI=1S/C18H21BrN4O/c19-15-6-7-17(21-13-15)22-8-10-23(11-9-22)18(24)16(20)12-14-4-2-1-3-5-14/h1-7,13,16H,8-12,20H2/t16-/m0/s1. The molecule has 0 unspecified atom stereocenters. The van der Waals surface area contributed by atoms with Gasteiger partial charge in [-0.2, -0.15) is 0 Å². The van der Waals surface area contributed by atoms with Crippen molar-refractivity contribution in [1.82, 2.24) is 9.88 Å². The molecule has 1 amide bonds. The number of piperazine rings is 1. The van der Waals surface area contributed by atoms with Gasteiger partial charge in [0.05, 0.1) is 6.04 Å². The van der Waals surface area contributed by atoms with Crippen molar-refractivity contribution in [2.75, 3.05) is 31.1 Å². The quantitative estimate of drug-likeness (QED) is 0.870. The van der Waals surface area contributed by atoms with Gasteiger partial charge in [-0.3, -0.25) is 4.79 Å². The molecule has 1 aromatic carbocycles. The minimum atomic E-state index is -0.482. The average Bonchev–Trinajstić information content (AvgIpc) is 2.63. The molecule has 0 saturated carbocycles. The number of hydrogen-bond donors (Lipinski definition) is 1. The maximum Gasteiger partial charge on any atom is 0.239 e. The predicted molar refractivity (Wildman–Crippen MR) is 98.9 cm³/mol. The Morgan fingerprint density at radius 2 is 1.83 bits per heavy atom. The van der Waals surface area contributed by atoms with Gasteiger partial charge < -0.3 is 15.5 Å². The number of pyridine rings is 1. The van der Waals surface area contributed by atoms with E-state index in [4.69, 9.17) is 5.73 Å². The Kier molecular flexibility index (Phi) is 5.48. The second-order valence-corrected chi connectivity index (χ2v) is 6.86. The predicted octanol–water partition coefficient (Wildman–Crippen LogP) is 2.06. The first kappa shape index (κ1) is 16.9. The summed E-state index contributed by atoms with van der Waals surface area (Å²) < 4.78 is 0.965. The molecular weight excluding hydrogens is 368 g/mol. The molecule has 0 spiro atoms. The van der Waals surface area contributed by atoms with E-state index in [0.29, 0.717) is 19.5 Å². The summed E-state index contributed by atoms with van der Waals surface area (Å²) in [5.41, 5.74) is 7.21. The molecule has 2 aromatic rings. The minimum Gasteiger partial charge on any atom is -0.353 e. The summed E-state index contributed by atoms with van der Waals surface area (Å²) in [6.45, 7) is 2.91. The normalized spacial score (nSPS) is 16.1. The lowest BCUT2D eigenvalue weighted by Crippen LogP contribution is -2.53. The van der Waals surface area contributed by atoms with E-state index in [1.807, 2.05) is 47.4 Å². The van der Waals surface area contributed by atoms with Crippen LogP contribution in [0.25, 0.3) is 0 Å². The van der Waals surface area contributed by atoms with Gasteiger partial charge in [-0.1, -0.05) is 30.3 Å². The maximum atomic E-state index is 12.6. The fourth-order valence-electron chi connectivity index (χ4n) is 2.90. The molecule has 2 heterocycles. The molecule has 1 aliphatic heterocycles. The van der Waals surface area contributed by atoms with Crippen LogP contribution in [0.5, 0.6) is 0 Å². The Bertz CT molecular complexity index is 669. The van der Waals surface area contributed by atoms with E-state index >= 15 is 0 Å². The highest BCUT2D eigenvalue weighted by atomic mass is 79.9. The number of aromatic nitrogens is 1. The molecule has 6 heteroatoms. The van der Waals surface area contributed by atoms with E-state index in [1.54, 1.807) is 6.20 Å². The van der Waals surface area contributed by atoms with Crippen molar-refractivity contribution in [1.29, 1.82) is 0 Å². The largest absolute Gasteiger partial charge is 0.353 e. The summed E-state index contributed by atoms with van der Waals surface area (Å²) >= 11 is 3.39. The van der Waals surface area contributed by atoms with Crippen LogP contribution in [-0.2, 0) is 11.2 Å². The number of halogens is 1. The zero-order valence-corrected chi connectivity index (χ0v) is 15.0. The number of carbonyl (C=O) groups is 1. The van der Waals surface area contributed by atoms with Crippen molar-refractivity contribution in [2.45, 2.75) is 12.5 Å². The highest BCUT2D eigenvalue weighted by Crippen LogP contribution is 2.17. The van der Waals surface area contributed by atoms with Gasteiger partial charge in [0.15, 0.2) is 0 Å². The van der Waals surface area contributed by atoms with Crippen LogP contribution in [0.4, 0.5) is 5.82 Å². The molecule has 24 heavy (non-hydrogen) atoms. The van der Waals surface area contributed by atoms with E-state index in [1.165, 1.54) is 0 Å². The number of anilines is 1. The molecular formula is C18H21BrN4O. The third-order valence-electron chi connectivity index (χ3n) is 4.24. The Morgan fingerprint density at radius 3 is 2.46 bits per heavy atom. The Labute approximate surface area is 150 Å². The fourth-order valence-corrected chi connectivity index (χ4v) is 3.14. The smallest absolute Gasteiger partial charge is 0.239 e. The molecule has 0 radical (unpaired) electrons. The molecule has 0 bridgehead atoms. The third-order valence-corrected chi connectivity index (χ3v) is 4.71. The Morgan fingerprint density at radius 1 is 1.12 bits per heavy atom. The molecule has 1 saturated heterocycles. The summed E-state index contributed by atoms with van der Waals surface area (Å²) in [6.07, 6.45) is 2.37. The second-order valence-electron chi connectivity index (χ2n) is 5.94. The van der Waals surface area contributed by atoms with Gasteiger partial charge in [0.1, 0.15) is 5.82 Å². The zero-order valence-electron chi connectivity index (χ0n) is 13.4. The number of amides is 1. The van der Waals surface area contributed by atoms with Gasteiger partial charge >= 0.3 is 0 Å². The van der Waals surface area contributed by atoms with Crippen molar-refractivity contribution in [2.24, 2.45) is 5.73 Å². The monoisotopic (exact) mass is 388 g/mol. The van der Waals surface area contributed by atoms with Gasteiger partial charge in [-0.25, -0.2) is 4.98 Å². The van der Waals surface area contributed by atoms with E-state index < -0.39 is 6.04 Å². The van der Waals surface area contributed by atoms with Crippen LogP contribution < -0.4 is 10.6 Å². The molecule has 1 aliphatic rings. The lowest BCUT2D eigenvalue weighted by Gasteiger charge is -2.36. The zero-order chi connectivity index (χ0) is 16.9. The Balaban J connectivity index is 1.54. The van der Waals surface area contributed by atoms with Crippen LogP contribution in [0.15, 0.2) is 53.1 Å². The number of carbonyl (C=O) groups excluding carboxylic acids is 1. The summed E-state index contributed by atoms with van der Waals surface area (Å²) in [6, 6.07) is 13.4. The molecule has 1 aromatic heterocycles. The Hall–Kier alpha value is -1.92. The lowest BCUT2D eigenvalue weighted by molar-refractivity contribution is -0.132. The van der Waals surface area contributed by atoms with Gasteiger partial charge in [0.2, 0.25) is 5.91 Å². The van der Waals surface area contributed by atoms with Gasteiger partial charge in [0.25, 0.3) is 0 Å². The molecule has 1 atom stereocenters. The molecule has 3 rings (SSSR count). The highest BCUT2D eigenvalue weighted by Gasteiger charge is 2.25. The first-order chi connectivity index (χ1) is 11.6. The van der Waals surface area contributed by atoms with Gasteiger partial charge in [-0.15, -0.1) is 0 Å². The second kappa shape index (κ2) is 7.77. The number of hydrogen-bond acceptors (Lipinski definition) is 4. The van der Waals surface area contributed by atoms with Crippen LogP contribution in [-0.4, -0.2) is 48.0 Å². The van der Waals surface area contributed by atoms with E-state index in [2.05, 4.69) is 25.8 Å². The maximum absolute atomic E-state index is 12.6. The molecule has 126 valence electrons. The lowest BCUT2D eigenvalue weighted by atomic mass is 10.1. The summed E-state index contributed by atoms with van der Waals surface area (Å²) in [7, 11) is 0. The van der Waals surface area contributed by atoms with Gasteiger partial charge in [0, 0.05) is 36.8 Å². The number of nitrogens with zero attached hydrogens (tertiary/aromatic N) is 3. The molecule has 5 nitrogen and oxygen atoms in total. The summed E-state index contributed by atoms with van der Waals surface area (Å²) in [5, 5.41) is 0. The van der Waals surface area contributed by atoms with Crippen LogP contribution >= 0.6 is 15.9 Å². The summed E-state index contributed by atoms with van der Waals surface area (Å²) in [5.74, 6) is 0.973. The number of nitrogens with two attached hydrogens (primary N) is 1. The van der Waals surface area contributed by atoms with Crippen LogP contribution in [0.1, 0.15) is 5.56 Å². The van der Waals surface area contributed by atoms with Crippen molar-refractivity contribution in [3.05, 3.63) is 58.7 Å².